The molecule has 0 amide bonds. The summed E-state index contributed by atoms with van der Waals surface area (Å²) in [5.41, 5.74) is 1.61. The molecule has 2 nitrogen and oxygen atoms in total. The van der Waals surface area contributed by atoms with E-state index in [0.717, 1.165) is 17.2 Å². The minimum atomic E-state index is -4.33. The quantitative estimate of drug-likeness (QED) is 0.822. The number of furan rings is 1. The van der Waals surface area contributed by atoms with E-state index >= 15 is 0 Å². The summed E-state index contributed by atoms with van der Waals surface area (Å²) < 4.78 is 44.0. The first kappa shape index (κ1) is 16.1. The lowest BCUT2D eigenvalue weighted by atomic mass is 9.95. The van der Waals surface area contributed by atoms with E-state index in [-0.39, 0.29) is 6.04 Å². The molecule has 0 radical (unpaired) electrons. The van der Waals surface area contributed by atoms with Gasteiger partial charge in [-0.3, -0.25) is 0 Å². The normalized spacial score (nSPS) is 13.4. The molecule has 21 heavy (non-hydrogen) atoms. The maximum Gasteiger partial charge on any atom is 0.416 e. The summed E-state index contributed by atoms with van der Waals surface area (Å²) in [6, 6.07) is 5.39. The minimum Gasteiger partial charge on any atom is -0.457 e. The van der Waals surface area contributed by atoms with Crippen LogP contribution in [-0.4, -0.2) is 6.54 Å². The van der Waals surface area contributed by atoms with E-state index in [1.165, 1.54) is 12.1 Å². The molecule has 1 aromatic carbocycles. The standard InChI is InChI=1S/C15H15BrF3NO/c1-3-20-13(12-6-7-21-14(12)16)11-5-4-10(8-9(11)2)15(17,18)19/h4-8,13,20H,3H2,1-2H3. The SMILES string of the molecule is CCNC(c1ccc(C(F)(F)F)cc1C)c1ccoc1Br. The predicted octanol–water partition coefficient (Wildman–Crippen LogP) is 5.07. The van der Waals surface area contributed by atoms with Crippen LogP contribution in [0.2, 0.25) is 0 Å². The number of rotatable bonds is 4. The highest BCUT2D eigenvalue weighted by molar-refractivity contribution is 9.10. The van der Waals surface area contributed by atoms with Gasteiger partial charge in [0, 0.05) is 5.56 Å². The first-order chi connectivity index (χ1) is 9.84. The summed E-state index contributed by atoms with van der Waals surface area (Å²) in [7, 11) is 0. The third kappa shape index (κ3) is 3.49. The average Bonchev–Trinajstić information content (AvgIpc) is 2.81. The molecule has 1 heterocycles. The lowest BCUT2D eigenvalue weighted by molar-refractivity contribution is -0.137. The zero-order chi connectivity index (χ0) is 15.6. The number of hydrogen-bond acceptors (Lipinski definition) is 2. The smallest absolute Gasteiger partial charge is 0.416 e. The van der Waals surface area contributed by atoms with Crippen LogP contribution in [0.3, 0.4) is 0 Å². The number of halogens is 4. The molecular weight excluding hydrogens is 347 g/mol. The second-order valence-corrected chi connectivity index (χ2v) is 5.43. The maximum absolute atomic E-state index is 12.7. The van der Waals surface area contributed by atoms with E-state index in [1.54, 1.807) is 19.3 Å². The Balaban J connectivity index is 2.45. The molecule has 1 N–H and O–H groups in total. The van der Waals surface area contributed by atoms with E-state index in [4.69, 9.17) is 4.42 Å². The summed E-state index contributed by atoms with van der Waals surface area (Å²) in [5.74, 6) is 0. The lowest BCUT2D eigenvalue weighted by Crippen LogP contribution is -2.23. The average molecular weight is 362 g/mol. The minimum absolute atomic E-state index is 0.217. The van der Waals surface area contributed by atoms with Crippen molar-refractivity contribution in [2.45, 2.75) is 26.1 Å². The summed E-state index contributed by atoms with van der Waals surface area (Å²) in [6.45, 7) is 4.31. The fourth-order valence-corrected chi connectivity index (χ4v) is 2.75. The van der Waals surface area contributed by atoms with Gasteiger partial charge < -0.3 is 9.73 Å². The Morgan fingerprint density at radius 1 is 1.24 bits per heavy atom. The van der Waals surface area contributed by atoms with Gasteiger partial charge in [-0.1, -0.05) is 13.0 Å². The molecule has 0 spiro atoms. The molecule has 0 bridgehead atoms. The Morgan fingerprint density at radius 2 is 1.95 bits per heavy atom. The van der Waals surface area contributed by atoms with Crippen LogP contribution >= 0.6 is 15.9 Å². The Bertz CT molecular complexity index is 622. The Morgan fingerprint density at radius 3 is 2.43 bits per heavy atom. The third-order valence-electron chi connectivity index (χ3n) is 3.27. The number of nitrogens with one attached hydrogen (secondary N) is 1. The topological polar surface area (TPSA) is 25.2 Å². The zero-order valence-electron chi connectivity index (χ0n) is 11.6. The van der Waals surface area contributed by atoms with Gasteiger partial charge in [-0.2, -0.15) is 13.2 Å². The zero-order valence-corrected chi connectivity index (χ0v) is 13.2. The highest BCUT2D eigenvalue weighted by atomic mass is 79.9. The molecule has 114 valence electrons. The number of aryl methyl sites for hydroxylation is 1. The highest BCUT2D eigenvalue weighted by Crippen LogP contribution is 2.35. The monoisotopic (exact) mass is 361 g/mol. The van der Waals surface area contributed by atoms with Crippen molar-refractivity contribution in [1.82, 2.24) is 5.32 Å². The highest BCUT2D eigenvalue weighted by Gasteiger charge is 2.31. The second kappa shape index (κ2) is 6.23. The Kier molecular flexibility index (Phi) is 4.78. The van der Waals surface area contributed by atoms with Crippen molar-refractivity contribution >= 4 is 15.9 Å². The van der Waals surface area contributed by atoms with Crippen LogP contribution in [-0.2, 0) is 6.18 Å². The van der Waals surface area contributed by atoms with Crippen LogP contribution in [0, 0.1) is 6.92 Å². The van der Waals surface area contributed by atoms with Crippen LogP contribution in [0.15, 0.2) is 39.6 Å². The number of benzene rings is 1. The molecule has 0 saturated carbocycles. The fourth-order valence-electron chi connectivity index (χ4n) is 2.28. The molecular formula is C15H15BrF3NO. The van der Waals surface area contributed by atoms with Gasteiger partial charge in [0.2, 0.25) is 0 Å². The van der Waals surface area contributed by atoms with Gasteiger partial charge in [0.05, 0.1) is 17.9 Å². The van der Waals surface area contributed by atoms with Crippen molar-refractivity contribution in [1.29, 1.82) is 0 Å². The van der Waals surface area contributed by atoms with Crippen molar-refractivity contribution < 1.29 is 17.6 Å². The molecule has 0 aliphatic carbocycles. The van der Waals surface area contributed by atoms with Gasteiger partial charge in [-0.25, -0.2) is 0 Å². The number of hydrogen-bond donors (Lipinski definition) is 1. The van der Waals surface area contributed by atoms with Crippen molar-refractivity contribution in [3.63, 3.8) is 0 Å². The van der Waals surface area contributed by atoms with Crippen LogP contribution in [0.5, 0.6) is 0 Å². The van der Waals surface area contributed by atoms with Crippen molar-refractivity contribution in [3.8, 4) is 0 Å². The van der Waals surface area contributed by atoms with Crippen molar-refractivity contribution in [3.05, 3.63) is 57.5 Å². The van der Waals surface area contributed by atoms with Gasteiger partial charge in [-0.05, 0) is 58.7 Å². The molecule has 0 aliphatic rings. The summed E-state index contributed by atoms with van der Waals surface area (Å²) in [6.07, 6.45) is -2.78. The fraction of sp³-hybridized carbons (Fsp3) is 0.333. The largest absolute Gasteiger partial charge is 0.457 e. The molecule has 6 heteroatoms. The van der Waals surface area contributed by atoms with E-state index in [1.807, 2.05) is 6.92 Å². The van der Waals surface area contributed by atoms with Gasteiger partial charge in [-0.15, -0.1) is 0 Å². The molecule has 0 saturated heterocycles. The third-order valence-corrected chi connectivity index (χ3v) is 3.92. The van der Waals surface area contributed by atoms with Crippen LogP contribution in [0.1, 0.15) is 35.2 Å². The van der Waals surface area contributed by atoms with Crippen LogP contribution in [0.4, 0.5) is 13.2 Å². The molecule has 1 unspecified atom stereocenters. The molecule has 2 rings (SSSR count). The van der Waals surface area contributed by atoms with E-state index in [9.17, 15) is 13.2 Å². The summed E-state index contributed by atoms with van der Waals surface area (Å²) >= 11 is 3.32. The van der Waals surface area contributed by atoms with Crippen molar-refractivity contribution in [2.75, 3.05) is 6.54 Å². The molecule has 2 aromatic rings. The summed E-state index contributed by atoms with van der Waals surface area (Å²) in [5, 5.41) is 3.27. The molecule has 0 fully saturated rings. The van der Waals surface area contributed by atoms with Crippen LogP contribution in [0.25, 0.3) is 0 Å². The number of alkyl halides is 3. The second-order valence-electron chi connectivity index (χ2n) is 4.71. The van der Waals surface area contributed by atoms with E-state index in [2.05, 4.69) is 21.2 Å². The van der Waals surface area contributed by atoms with E-state index in [0.29, 0.717) is 16.8 Å². The van der Waals surface area contributed by atoms with E-state index < -0.39 is 11.7 Å². The first-order valence-electron chi connectivity index (χ1n) is 6.48. The first-order valence-corrected chi connectivity index (χ1v) is 7.28. The van der Waals surface area contributed by atoms with Gasteiger partial charge in [0.25, 0.3) is 0 Å². The maximum atomic E-state index is 12.7. The molecule has 0 aliphatic heterocycles. The van der Waals surface area contributed by atoms with Crippen LogP contribution < -0.4 is 5.32 Å². The van der Waals surface area contributed by atoms with Crippen molar-refractivity contribution in [2.24, 2.45) is 0 Å². The summed E-state index contributed by atoms with van der Waals surface area (Å²) in [4.78, 5) is 0. The van der Waals surface area contributed by atoms with Gasteiger partial charge >= 0.3 is 6.18 Å². The molecule has 1 aromatic heterocycles. The molecule has 1 atom stereocenters. The Hall–Kier alpha value is -1.27. The lowest BCUT2D eigenvalue weighted by Gasteiger charge is -2.21. The van der Waals surface area contributed by atoms with Gasteiger partial charge in [0.15, 0.2) is 4.67 Å². The Labute approximate surface area is 129 Å². The van der Waals surface area contributed by atoms with Gasteiger partial charge in [0.1, 0.15) is 0 Å². The predicted molar refractivity (Wildman–Crippen MR) is 78.1 cm³/mol.